The van der Waals surface area contributed by atoms with Gasteiger partial charge in [0, 0.05) is 0 Å². The molecule has 0 rings (SSSR count). The lowest BCUT2D eigenvalue weighted by Crippen LogP contribution is -1.91. The van der Waals surface area contributed by atoms with E-state index in [4.69, 9.17) is 0 Å². The van der Waals surface area contributed by atoms with Crippen LogP contribution < -0.4 is 0 Å². The van der Waals surface area contributed by atoms with Crippen molar-refractivity contribution in [1.82, 2.24) is 0 Å². The molecule has 0 aliphatic carbocycles. The highest BCUT2D eigenvalue weighted by Gasteiger charge is 1.94. The Hall–Kier alpha value is 0.155. The summed E-state index contributed by atoms with van der Waals surface area (Å²) in [7, 11) is 2.20. The number of hydrogen-bond acceptors (Lipinski definition) is 1. The predicted octanol–water partition coefficient (Wildman–Crippen LogP) is 1.30. The minimum absolute atomic E-state index is 0.747. The Balaban J connectivity index is 2.97. The van der Waals surface area contributed by atoms with E-state index in [2.05, 4.69) is 27.1 Å². The van der Waals surface area contributed by atoms with Crippen LogP contribution in [0.25, 0.3) is 0 Å². The molecule has 0 bridgehead atoms. The minimum atomic E-state index is 0.747. The number of thiol groups is 1. The second-order valence-electron chi connectivity index (χ2n) is 2.15. The highest BCUT2D eigenvalue weighted by atomic mass is 32.1. The maximum atomic E-state index is 4.15. The predicted molar refractivity (Wildman–Crippen MR) is 45.6 cm³/mol. The molecule has 0 N–H and O–H groups in total. The SMILES string of the molecule is BC(CS)CCC=C. The highest BCUT2D eigenvalue weighted by molar-refractivity contribution is 7.80. The summed E-state index contributed by atoms with van der Waals surface area (Å²) < 4.78 is 0. The summed E-state index contributed by atoms with van der Waals surface area (Å²) in [6.07, 6.45) is 4.31. The van der Waals surface area contributed by atoms with Crippen molar-refractivity contribution < 1.29 is 0 Å². The summed E-state index contributed by atoms with van der Waals surface area (Å²) in [5.74, 6) is 1.74. The molecule has 1 unspecified atom stereocenters. The van der Waals surface area contributed by atoms with Gasteiger partial charge in [-0.15, -0.1) is 6.58 Å². The lowest BCUT2D eigenvalue weighted by Gasteiger charge is -2.02. The van der Waals surface area contributed by atoms with Crippen LogP contribution in [0.4, 0.5) is 0 Å². The Morgan fingerprint density at radius 1 is 1.75 bits per heavy atom. The maximum absolute atomic E-state index is 4.15. The Morgan fingerprint density at radius 3 is 2.75 bits per heavy atom. The van der Waals surface area contributed by atoms with Crippen molar-refractivity contribution in [1.29, 1.82) is 0 Å². The fraction of sp³-hybridized carbons (Fsp3) is 0.667. The summed E-state index contributed by atoms with van der Waals surface area (Å²) in [4.78, 5) is 0. The monoisotopic (exact) mass is 128 g/mol. The fourth-order valence-corrected chi connectivity index (χ4v) is 0.676. The molecule has 0 saturated heterocycles. The van der Waals surface area contributed by atoms with Gasteiger partial charge < -0.3 is 0 Å². The molecule has 0 aromatic rings. The van der Waals surface area contributed by atoms with Crippen molar-refractivity contribution in [2.75, 3.05) is 5.75 Å². The van der Waals surface area contributed by atoms with Crippen LogP contribution in [0.5, 0.6) is 0 Å². The maximum Gasteiger partial charge on any atom is 0.106 e. The smallest absolute Gasteiger partial charge is 0.106 e. The van der Waals surface area contributed by atoms with E-state index in [9.17, 15) is 0 Å². The molecule has 2 heteroatoms. The lowest BCUT2D eigenvalue weighted by molar-refractivity contribution is 0.822. The van der Waals surface area contributed by atoms with Gasteiger partial charge in [0.15, 0.2) is 0 Å². The van der Waals surface area contributed by atoms with Crippen molar-refractivity contribution in [3.63, 3.8) is 0 Å². The summed E-state index contributed by atoms with van der Waals surface area (Å²) >= 11 is 4.15. The molecule has 0 aliphatic heterocycles. The van der Waals surface area contributed by atoms with Gasteiger partial charge in [-0.25, -0.2) is 0 Å². The zero-order valence-electron chi connectivity index (χ0n) is 5.43. The van der Waals surface area contributed by atoms with Gasteiger partial charge in [0.05, 0.1) is 0 Å². The van der Waals surface area contributed by atoms with Gasteiger partial charge in [0.25, 0.3) is 0 Å². The average Bonchev–Trinajstić information content (AvgIpc) is 1.83. The first-order valence-electron chi connectivity index (χ1n) is 3.03. The average molecular weight is 128 g/mol. The molecule has 0 heterocycles. The first-order valence-corrected chi connectivity index (χ1v) is 3.66. The number of hydrogen-bond donors (Lipinski definition) is 1. The molecule has 0 nitrogen and oxygen atoms in total. The molecule has 0 radical (unpaired) electrons. The zero-order valence-corrected chi connectivity index (χ0v) is 6.32. The van der Waals surface area contributed by atoms with Crippen LogP contribution in [0.3, 0.4) is 0 Å². The molecular weight excluding hydrogens is 115 g/mol. The van der Waals surface area contributed by atoms with Crippen LogP contribution >= 0.6 is 12.6 Å². The molecular formula is C6H13BS. The van der Waals surface area contributed by atoms with E-state index in [0.29, 0.717) is 0 Å². The third kappa shape index (κ3) is 4.32. The van der Waals surface area contributed by atoms with Crippen LogP contribution in [-0.2, 0) is 0 Å². The van der Waals surface area contributed by atoms with Gasteiger partial charge in [0.2, 0.25) is 0 Å². The standard InChI is InChI=1S/C6H13BS/c1-2-3-4-6(7)5-8/h2,6,8H,1,3-5,7H2. The van der Waals surface area contributed by atoms with E-state index < -0.39 is 0 Å². The molecule has 0 aromatic carbocycles. The number of allylic oxidation sites excluding steroid dienone is 1. The molecule has 8 heavy (non-hydrogen) atoms. The topological polar surface area (TPSA) is 0 Å². The van der Waals surface area contributed by atoms with Gasteiger partial charge in [0.1, 0.15) is 7.85 Å². The molecule has 0 amide bonds. The summed E-state index contributed by atoms with van der Waals surface area (Å²) in [6, 6.07) is 0. The Labute approximate surface area is 58.2 Å². The Bertz CT molecular complexity index is 63.5. The molecule has 0 fully saturated rings. The normalized spacial score (nSPS) is 13.1. The quantitative estimate of drug-likeness (QED) is 0.329. The zero-order chi connectivity index (χ0) is 6.41. The molecule has 46 valence electrons. The van der Waals surface area contributed by atoms with E-state index in [1.54, 1.807) is 0 Å². The van der Waals surface area contributed by atoms with E-state index in [1.165, 1.54) is 6.42 Å². The van der Waals surface area contributed by atoms with Gasteiger partial charge in [-0.2, -0.15) is 12.6 Å². The summed E-state index contributed by atoms with van der Waals surface area (Å²) in [5.41, 5.74) is 0. The van der Waals surface area contributed by atoms with E-state index in [0.717, 1.165) is 18.0 Å². The van der Waals surface area contributed by atoms with Crippen LogP contribution in [0, 0.1) is 0 Å². The van der Waals surface area contributed by atoms with Crippen molar-refractivity contribution in [3.05, 3.63) is 12.7 Å². The van der Waals surface area contributed by atoms with Crippen molar-refractivity contribution in [3.8, 4) is 0 Å². The molecule has 0 aromatic heterocycles. The van der Waals surface area contributed by atoms with Crippen molar-refractivity contribution in [2.45, 2.75) is 18.7 Å². The van der Waals surface area contributed by atoms with Crippen LogP contribution in [0.1, 0.15) is 12.8 Å². The summed E-state index contributed by atoms with van der Waals surface area (Å²) in [5, 5.41) is 0. The van der Waals surface area contributed by atoms with E-state index in [1.807, 2.05) is 6.08 Å². The van der Waals surface area contributed by atoms with E-state index in [-0.39, 0.29) is 0 Å². The highest BCUT2D eigenvalue weighted by Crippen LogP contribution is 2.09. The van der Waals surface area contributed by atoms with Crippen LogP contribution in [-0.4, -0.2) is 13.6 Å². The molecule has 0 spiro atoms. The van der Waals surface area contributed by atoms with Gasteiger partial charge in [-0.3, -0.25) is 0 Å². The first-order chi connectivity index (χ1) is 3.81. The van der Waals surface area contributed by atoms with Crippen LogP contribution in [0.2, 0.25) is 5.82 Å². The largest absolute Gasteiger partial charge is 0.180 e. The second kappa shape index (κ2) is 5.29. The van der Waals surface area contributed by atoms with Gasteiger partial charge in [-0.05, 0) is 12.2 Å². The number of rotatable bonds is 4. The second-order valence-corrected chi connectivity index (χ2v) is 2.52. The third-order valence-corrected chi connectivity index (χ3v) is 1.80. The minimum Gasteiger partial charge on any atom is -0.180 e. The van der Waals surface area contributed by atoms with Gasteiger partial charge >= 0.3 is 0 Å². The van der Waals surface area contributed by atoms with Crippen LogP contribution in [0.15, 0.2) is 12.7 Å². The molecule has 0 saturated carbocycles. The lowest BCUT2D eigenvalue weighted by atomic mass is 9.85. The summed E-state index contributed by atoms with van der Waals surface area (Å²) in [6.45, 7) is 3.64. The van der Waals surface area contributed by atoms with Gasteiger partial charge in [-0.1, -0.05) is 18.3 Å². The van der Waals surface area contributed by atoms with Crippen molar-refractivity contribution >= 4 is 20.5 Å². The first kappa shape index (κ1) is 8.15. The fourth-order valence-electron chi connectivity index (χ4n) is 0.494. The van der Waals surface area contributed by atoms with E-state index >= 15 is 0 Å². The third-order valence-electron chi connectivity index (χ3n) is 1.18. The molecule has 1 atom stereocenters. The Kier molecular flexibility index (Phi) is 5.40. The Morgan fingerprint density at radius 2 is 2.38 bits per heavy atom. The molecule has 0 aliphatic rings. The van der Waals surface area contributed by atoms with Crippen molar-refractivity contribution in [2.24, 2.45) is 0 Å².